The van der Waals surface area contributed by atoms with Crippen molar-refractivity contribution in [2.45, 2.75) is 19.4 Å². The highest BCUT2D eigenvalue weighted by molar-refractivity contribution is 9.10. The first-order valence-electron chi connectivity index (χ1n) is 5.25. The molecule has 2 rings (SSSR count). The van der Waals surface area contributed by atoms with Gasteiger partial charge in [-0.1, -0.05) is 28.1 Å². The molecule has 0 saturated carbocycles. The summed E-state index contributed by atoms with van der Waals surface area (Å²) in [6, 6.07) is 4.60. The Kier molecular flexibility index (Phi) is 3.54. The summed E-state index contributed by atoms with van der Waals surface area (Å²) in [6.07, 6.45) is 2.42. The largest absolute Gasteiger partial charge is 0.323 e. The third-order valence-electron chi connectivity index (χ3n) is 2.49. The van der Waals surface area contributed by atoms with Crippen LogP contribution in [0.2, 0.25) is 0 Å². The standard InChI is InChI=1S/C11H12BrFN4/c1-2-9(14)10-6-17(16-15-10)11-4-3-7(12)5-8(11)13/h3-6,9H,2,14H2,1H3. The second-order valence-corrected chi connectivity index (χ2v) is 4.61. The molecule has 0 aliphatic heterocycles. The van der Waals surface area contributed by atoms with Gasteiger partial charge in [0, 0.05) is 4.47 Å². The molecule has 1 unspecified atom stereocenters. The molecular weight excluding hydrogens is 287 g/mol. The molecular formula is C11H12BrFN4. The van der Waals surface area contributed by atoms with Crippen molar-refractivity contribution >= 4 is 15.9 Å². The fraction of sp³-hybridized carbons (Fsp3) is 0.273. The molecule has 0 saturated heterocycles. The van der Waals surface area contributed by atoms with Gasteiger partial charge >= 0.3 is 0 Å². The molecule has 1 aromatic carbocycles. The maximum absolute atomic E-state index is 13.7. The molecule has 0 radical (unpaired) electrons. The van der Waals surface area contributed by atoms with Crippen LogP contribution < -0.4 is 5.73 Å². The molecule has 0 bridgehead atoms. The van der Waals surface area contributed by atoms with Crippen LogP contribution in [0.25, 0.3) is 5.69 Å². The zero-order valence-electron chi connectivity index (χ0n) is 9.27. The number of hydrogen-bond donors (Lipinski definition) is 1. The Morgan fingerprint density at radius 1 is 1.53 bits per heavy atom. The second kappa shape index (κ2) is 4.93. The van der Waals surface area contributed by atoms with Gasteiger partial charge < -0.3 is 5.73 Å². The molecule has 0 aliphatic rings. The molecule has 2 aromatic rings. The third-order valence-corrected chi connectivity index (χ3v) is 2.98. The lowest BCUT2D eigenvalue weighted by Gasteiger charge is -2.03. The summed E-state index contributed by atoms with van der Waals surface area (Å²) in [5.41, 5.74) is 6.85. The fourth-order valence-electron chi connectivity index (χ4n) is 1.44. The normalized spacial score (nSPS) is 12.7. The average molecular weight is 299 g/mol. The van der Waals surface area contributed by atoms with E-state index in [1.807, 2.05) is 6.92 Å². The van der Waals surface area contributed by atoms with Crippen molar-refractivity contribution in [3.63, 3.8) is 0 Å². The first kappa shape index (κ1) is 12.2. The molecule has 0 amide bonds. The van der Waals surface area contributed by atoms with Gasteiger partial charge in [-0.2, -0.15) is 0 Å². The van der Waals surface area contributed by atoms with Gasteiger partial charge in [0.25, 0.3) is 0 Å². The molecule has 0 aliphatic carbocycles. The second-order valence-electron chi connectivity index (χ2n) is 3.70. The molecule has 6 heteroatoms. The van der Waals surface area contributed by atoms with Gasteiger partial charge in [-0.05, 0) is 24.6 Å². The lowest BCUT2D eigenvalue weighted by atomic mass is 10.2. The highest BCUT2D eigenvalue weighted by Crippen LogP contribution is 2.19. The monoisotopic (exact) mass is 298 g/mol. The number of halogens is 2. The van der Waals surface area contributed by atoms with Crippen molar-refractivity contribution in [2.75, 3.05) is 0 Å². The summed E-state index contributed by atoms with van der Waals surface area (Å²) in [4.78, 5) is 0. The average Bonchev–Trinajstić information content (AvgIpc) is 2.77. The van der Waals surface area contributed by atoms with E-state index in [0.717, 1.165) is 6.42 Å². The fourth-order valence-corrected chi connectivity index (χ4v) is 1.77. The predicted octanol–water partition coefficient (Wildman–Crippen LogP) is 2.58. The molecule has 0 spiro atoms. The van der Waals surface area contributed by atoms with Crippen LogP contribution >= 0.6 is 15.9 Å². The van der Waals surface area contributed by atoms with E-state index < -0.39 is 0 Å². The highest BCUT2D eigenvalue weighted by Gasteiger charge is 2.11. The van der Waals surface area contributed by atoms with Gasteiger partial charge in [0.2, 0.25) is 0 Å². The van der Waals surface area contributed by atoms with Gasteiger partial charge in [-0.25, -0.2) is 9.07 Å². The van der Waals surface area contributed by atoms with E-state index in [-0.39, 0.29) is 11.9 Å². The molecule has 1 heterocycles. The lowest BCUT2D eigenvalue weighted by Crippen LogP contribution is -2.08. The van der Waals surface area contributed by atoms with Crippen LogP contribution in [0, 0.1) is 5.82 Å². The van der Waals surface area contributed by atoms with E-state index in [1.54, 1.807) is 18.3 Å². The van der Waals surface area contributed by atoms with Crippen molar-refractivity contribution in [2.24, 2.45) is 5.73 Å². The summed E-state index contributed by atoms with van der Waals surface area (Å²) in [5, 5.41) is 7.81. The number of rotatable bonds is 3. The molecule has 4 nitrogen and oxygen atoms in total. The van der Waals surface area contributed by atoms with Crippen LogP contribution in [-0.2, 0) is 0 Å². The highest BCUT2D eigenvalue weighted by atomic mass is 79.9. The van der Waals surface area contributed by atoms with Crippen LogP contribution in [0.5, 0.6) is 0 Å². The zero-order valence-corrected chi connectivity index (χ0v) is 10.9. The number of benzene rings is 1. The van der Waals surface area contributed by atoms with Crippen molar-refractivity contribution in [3.8, 4) is 5.69 Å². The molecule has 1 aromatic heterocycles. The van der Waals surface area contributed by atoms with Gasteiger partial charge in [0.05, 0.1) is 17.9 Å². The van der Waals surface area contributed by atoms with E-state index in [4.69, 9.17) is 5.73 Å². The Bertz CT molecular complexity index is 526. The van der Waals surface area contributed by atoms with E-state index in [2.05, 4.69) is 26.2 Å². The first-order valence-corrected chi connectivity index (χ1v) is 6.04. The summed E-state index contributed by atoms with van der Waals surface area (Å²) >= 11 is 3.20. The van der Waals surface area contributed by atoms with Crippen LogP contribution in [-0.4, -0.2) is 15.0 Å². The zero-order chi connectivity index (χ0) is 12.4. The number of aromatic nitrogens is 3. The smallest absolute Gasteiger partial charge is 0.150 e. The van der Waals surface area contributed by atoms with Gasteiger partial charge in [0.15, 0.2) is 0 Å². The molecule has 1 atom stereocenters. The Balaban J connectivity index is 2.37. The van der Waals surface area contributed by atoms with E-state index in [1.165, 1.54) is 10.7 Å². The summed E-state index contributed by atoms with van der Waals surface area (Å²) in [7, 11) is 0. The van der Waals surface area contributed by atoms with Gasteiger partial charge in [-0.15, -0.1) is 5.10 Å². The molecule has 0 fully saturated rings. The number of nitrogens with two attached hydrogens (primary N) is 1. The Morgan fingerprint density at radius 2 is 2.29 bits per heavy atom. The summed E-state index contributed by atoms with van der Waals surface area (Å²) in [6.45, 7) is 1.96. The Hall–Kier alpha value is -1.27. The van der Waals surface area contributed by atoms with Crippen molar-refractivity contribution in [1.29, 1.82) is 0 Å². The minimum absolute atomic E-state index is 0.165. The van der Waals surface area contributed by atoms with Gasteiger partial charge in [0.1, 0.15) is 11.5 Å². The van der Waals surface area contributed by atoms with Crippen molar-refractivity contribution in [1.82, 2.24) is 15.0 Å². The summed E-state index contributed by atoms with van der Waals surface area (Å²) < 4.78 is 15.8. The SMILES string of the molecule is CCC(N)c1cn(-c2ccc(Br)cc2F)nn1. The maximum atomic E-state index is 13.7. The third kappa shape index (κ3) is 2.53. The van der Waals surface area contributed by atoms with Crippen LogP contribution in [0.1, 0.15) is 25.1 Å². The quantitative estimate of drug-likeness (QED) is 0.947. The topological polar surface area (TPSA) is 56.7 Å². The summed E-state index contributed by atoms with van der Waals surface area (Å²) in [5.74, 6) is -0.360. The minimum Gasteiger partial charge on any atom is -0.323 e. The minimum atomic E-state index is -0.360. The Morgan fingerprint density at radius 3 is 2.94 bits per heavy atom. The van der Waals surface area contributed by atoms with Crippen molar-refractivity contribution in [3.05, 3.63) is 40.4 Å². The van der Waals surface area contributed by atoms with Crippen molar-refractivity contribution < 1.29 is 4.39 Å². The predicted molar refractivity (Wildman–Crippen MR) is 66.2 cm³/mol. The van der Waals surface area contributed by atoms with E-state index in [0.29, 0.717) is 15.9 Å². The van der Waals surface area contributed by atoms with Crippen LogP contribution in [0.4, 0.5) is 4.39 Å². The maximum Gasteiger partial charge on any atom is 0.150 e. The van der Waals surface area contributed by atoms with E-state index in [9.17, 15) is 4.39 Å². The van der Waals surface area contributed by atoms with Crippen LogP contribution in [0.15, 0.2) is 28.9 Å². The van der Waals surface area contributed by atoms with E-state index >= 15 is 0 Å². The van der Waals surface area contributed by atoms with Crippen LogP contribution in [0.3, 0.4) is 0 Å². The lowest BCUT2D eigenvalue weighted by molar-refractivity contribution is 0.606. The van der Waals surface area contributed by atoms with Gasteiger partial charge in [-0.3, -0.25) is 0 Å². The Labute approximate surface area is 107 Å². The number of nitrogens with zero attached hydrogens (tertiary/aromatic N) is 3. The number of hydrogen-bond acceptors (Lipinski definition) is 3. The molecule has 17 heavy (non-hydrogen) atoms. The molecule has 90 valence electrons. The first-order chi connectivity index (χ1) is 8.11. The molecule has 2 N–H and O–H groups in total.